The van der Waals surface area contributed by atoms with Gasteiger partial charge >= 0.3 is 0 Å². The summed E-state index contributed by atoms with van der Waals surface area (Å²) in [5.74, 6) is -0.467. The maximum absolute atomic E-state index is 13.9. The summed E-state index contributed by atoms with van der Waals surface area (Å²) in [6, 6.07) is 7.26. The molecule has 0 saturated carbocycles. The van der Waals surface area contributed by atoms with Crippen molar-refractivity contribution in [1.82, 2.24) is 10.3 Å². The molecule has 1 aromatic heterocycles. The first-order valence-corrected chi connectivity index (χ1v) is 6.29. The topological polar surface area (TPSA) is 28.2 Å². The number of hydrogen-bond donors (Lipinski definition) is 1. The molecule has 0 aliphatic carbocycles. The Bertz CT molecular complexity index is 612. The Labute approximate surface area is 117 Å². The Morgan fingerprint density at radius 3 is 2.50 bits per heavy atom. The number of hydrogen-bond acceptors (Lipinski definition) is 3. The Morgan fingerprint density at radius 1 is 1.15 bits per heavy atom. The second-order valence-corrected chi connectivity index (χ2v) is 4.77. The van der Waals surface area contributed by atoms with E-state index in [4.69, 9.17) is 0 Å². The molecule has 0 saturated heterocycles. The standard InChI is InChI=1S/C15H17F2N3/c1-18-9-10-6-14(19-15(7-10)20(2)3)12-5-4-11(16)8-13(12)17/h4-8,18H,9H2,1-3H3. The van der Waals surface area contributed by atoms with Crippen LogP contribution in [0.2, 0.25) is 0 Å². The van der Waals surface area contributed by atoms with Gasteiger partial charge in [0.15, 0.2) is 0 Å². The van der Waals surface area contributed by atoms with Crippen molar-refractivity contribution >= 4 is 5.82 Å². The molecular weight excluding hydrogens is 260 g/mol. The molecule has 5 heteroatoms. The fourth-order valence-corrected chi connectivity index (χ4v) is 1.94. The van der Waals surface area contributed by atoms with Crippen molar-refractivity contribution in [1.29, 1.82) is 0 Å². The van der Waals surface area contributed by atoms with E-state index in [0.717, 1.165) is 17.4 Å². The van der Waals surface area contributed by atoms with Crippen molar-refractivity contribution in [3.63, 3.8) is 0 Å². The molecular formula is C15H17F2N3. The van der Waals surface area contributed by atoms with E-state index in [0.29, 0.717) is 17.8 Å². The lowest BCUT2D eigenvalue weighted by Gasteiger charge is -2.15. The Kier molecular flexibility index (Phi) is 4.29. The van der Waals surface area contributed by atoms with Crippen molar-refractivity contribution in [3.05, 3.63) is 47.5 Å². The highest BCUT2D eigenvalue weighted by Gasteiger charge is 2.11. The molecule has 0 fully saturated rings. The summed E-state index contributed by atoms with van der Waals surface area (Å²) < 4.78 is 26.9. The van der Waals surface area contributed by atoms with E-state index in [1.807, 2.05) is 32.1 Å². The predicted octanol–water partition coefficient (Wildman–Crippen LogP) is 2.81. The number of rotatable bonds is 4. The van der Waals surface area contributed by atoms with Gasteiger partial charge < -0.3 is 10.2 Å². The van der Waals surface area contributed by atoms with Crippen LogP contribution in [0.1, 0.15) is 5.56 Å². The van der Waals surface area contributed by atoms with Crippen LogP contribution in [-0.4, -0.2) is 26.1 Å². The fourth-order valence-electron chi connectivity index (χ4n) is 1.94. The summed E-state index contributed by atoms with van der Waals surface area (Å²) in [4.78, 5) is 6.26. The molecule has 3 nitrogen and oxygen atoms in total. The number of anilines is 1. The lowest BCUT2D eigenvalue weighted by molar-refractivity contribution is 0.585. The molecule has 0 aliphatic heterocycles. The maximum atomic E-state index is 13.9. The molecule has 0 spiro atoms. The van der Waals surface area contributed by atoms with Crippen molar-refractivity contribution in [2.45, 2.75) is 6.54 Å². The minimum absolute atomic E-state index is 0.299. The van der Waals surface area contributed by atoms with Gasteiger partial charge in [0.2, 0.25) is 0 Å². The minimum Gasteiger partial charge on any atom is -0.363 e. The van der Waals surface area contributed by atoms with Gasteiger partial charge in [0, 0.05) is 32.3 Å². The van der Waals surface area contributed by atoms with Gasteiger partial charge in [-0.1, -0.05) is 0 Å². The molecule has 0 radical (unpaired) electrons. The van der Waals surface area contributed by atoms with E-state index in [1.165, 1.54) is 12.1 Å². The lowest BCUT2D eigenvalue weighted by atomic mass is 10.1. The molecule has 0 amide bonds. The van der Waals surface area contributed by atoms with Gasteiger partial charge in [-0.15, -0.1) is 0 Å². The van der Waals surface area contributed by atoms with Crippen molar-refractivity contribution < 1.29 is 8.78 Å². The van der Waals surface area contributed by atoms with E-state index in [9.17, 15) is 8.78 Å². The molecule has 0 unspecified atom stereocenters. The molecule has 1 N–H and O–H groups in total. The number of pyridine rings is 1. The summed E-state index contributed by atoms with van der Waals surface area (Å²) in [5.41, 5.74) is 1.79. The van der Waals surface area contributed by atoms with E-state index < -0.39 is 11.6 Å². The van der Waals surface area contributed by atoms with Gasteiger partial charge in [-0.2, -0.15) is 0 Å². The first kappa shape index (κ1) is 14.4. The van der Waals surface area contributed by atoms with Gasteiger partial charge in [-0.3, -0.25) is 0 Å². The van der Waals surface area contributed by atoms with Crippen LogP contribution >= 0.6 is 0 Å². The van der Waals surface area contributed by atoms with E-state index in [-0.39, 0.29) is 0 Å². The van der Waals surface area contributed by atoms with E-state index in [2.05, 4.69) is 10.3 Å². The molecule has 0 aliphatic rings. The van der Waals surface area contributed by atoms with Crippen molar-refractivity contribution in [2.24, 2.45) is 0 Å². The summed E-state index contributed by atoms with van der Waals surface area (Å²) in [7, 11) is 5.58. The van der Waals surface area contributed by atoms with E-state index in [1.54, 1.807) is 6.07 Å². The molecule has 20 heavy (non-hydrogen) atoms. The number of nitrogens with zero attached hydrogens (tertiary/aromatic N) is 2. The zero-order chi connectivity index (χ0) is 14.7. The normalized spacial score (nSPS) is 10.7. The molecule has 106 valence electrons. The second-order valence-electron chi connectivity index (χ2n) is 4.77. The number of halogens is 2. The SMILES string of the molecule is CNCc1cc(-c2ccc(F)cc2F)nc(N(C)C)c1. The van der Waals surface area contributed by atoms with Crippen LogP contribution in [0.4, 0.5) is 14.6 Å². The average Bonchev–Trinajstić information content (AvgIpc) is 2.38. The predicted molar refractivity (Wildman–Crippen MR) is 76.7 cm³/mol. The summed E-state index contributed by atoms with van der Waals surface area (Å²) in [6.45, 7) is 0.652. The van der Waals surface area contributed by atoms with Crippen LogP contribution in [0.15, 0.2) is 30.3 Å². The third kappa shape index (κ3) is 3.11. The summed E-state index contributed by atoms with van der Waals surface area (Å²) >= 11 is 0. The molecule has 2 rings (SSSR count). The third-order valence-electron chi connectivity index (χ3n) is 2.92. The van der Waals surface area contributed by atoms with Crippen LogP contribution in [0.5, 0.6) is 0 Å². The zero-order valence-electron chi connectivity index (χ0n) is 11.7. The Hall–Kier alpha value is -2.01. The third-order valence-corrected chi connectivity index (χ3v) is 2.92. The first-order valence-electron chi connectivity index (χ1n) is 6.29. The van der Waals surface area contributed by atoms with Crippen LogP contribution in [0, 0.1) is 11.6 Å². The van der Waals surface area contributed by atoms with Gasteiger partial charge in [0.1, 0.15) is 17.5 Å². The molecule has 0 atom stereocenters. The first-order chi connectivity index (χ1) is 9.51. The van der Waals surface area contributed by atoms with E-state index >= 15 is 0 Å². The van der Waals surface area contributed by atoms with Crippen LogP contribution in [-0.2, 0) is 6.54 Å². The number of nitrogens with one attached hydrogen (secondary N) is 1. The summed E-state index contributed by atoms with van der Waals surface area (Å²) in [5, 5.41) is 3.05. The highest BCUT2D eigenvalue weighted by molar-refractivity contribution is 5.63. The van der Waals surface area contributed by atoms with Gasteiger partial charge in [-0.05, 0) is 36.9 Å². The fraction of sp³-hybridized carbons (Fsp3) is 0.267. The number of aromatic nitrogens is 1. The molecule has 1 heterocycles. The Morgan fingerprint density at radius 2 is 1.90 bits per heavy atom. The second kappa shape index (κ2) is 5.96. The van der Waals surface area contributed by atoms with Crippen molar-refractivity contribution in [3.8, 4) is 11.3 Å². The molecule has 2 aromatic rings. The quantitative estimate of drug-likeness (QED) is 0.931. The van der Waals surface area contributed by atoms with Crippen LogP contribution in [0.3, 0.4) is 0 Å². The molecule has 1 aromatic carbocycles. The van der Waals surface area contributed by atoms with Gasteiger partial charge in [0.25, 0.3) is 0 Å². The maximum Gasteiger partial charge on any atom is 0.135 e. The summed E-state index contributed by atoms with van der Waals surface area (Å²) in [6.07, 6.45) is 0. The van der Waals surface area contributed by atoms with Crippen LogP contribution in [0.25, 0.3) is 11.3 Å². The Balaban J connectivity index is 2.54. The smallest absolute Gasteiger partial charge is 0.135 e. The number of benzene rings is 1. The minimum atomic E-state index is -0.608. The van der Waals surface area contributed by atoms with Crippen LogP contribution < -0.4 is 10.2 Å². The molecule has 0 bridgehead atoms. The zero-order valence-corrected chi connectivity index (χ0v) is 11.7. The van der Waals surface area contributed by atoms with Gasteiger partial charge in [0.05, 0.1) is 5.69 Å². The van der Waals surface area contributed by atoms with Crippen molar-refractivity contribution in [2.75, 3.05) is 26.0 Å². The van der Waals surface area contributed by atoms with Gasteiger partial charge in [-0.25, -0.2) is 13.8 Å². The highest BCUT2D eigenvalue weighted by atomic mass is 19.1. The monoisotopic (exact) mass is 277 g/mol. The average molecular weight is 277 g/mol. The largest absolute Gasteiger partial charge is 0.363 e. The lowest BCUT2D eigenvalue weighted by Crippen LogP contribution is -2.13. The highest BCUT2D eigenvalue weighted by Crippen LogP contribution is 2.25.